The molecule has 3 aromatic rings. The molecule has 34 heavy (non-hydrogen) atoms. The van der Waals surface area contributed by atoms with Gasteiger partial charge in [0.1, 0.15) is 12.6 Å². The maximum absolute atomic E-state index is 13.2. The number of nitro benzene ring substituents is 1. The highest BCUT2D eigenvalue weighted by Crippen LogP contribution is 2.24. The Morgan fingerprint density at radius 2 is 1.62 bits per heavy atom. The predicted molar refractivity (Wildman–Crippen MR) is 138 cm³/mol. The Bertz CT molecular complexity index is 1160. The van der Waals surface area contributed by atoms with Crippen molar-refractivity contribution < 1.29 is 19.2 Å². The van der Waals surface area contributed by atoms with Crippen LogP contribution in [-0.2, 0) is 22.6 Å². The van der Waals surface area contributed by atoms with Gasteiger partial charge in [-0.05, 0) is 70.8 Å². The average Bonchev–Trinajstić information content (AvgIpc) is 2.80. The maximum Gasteiger partial charge on any atom is 0.408 e. The molecular formula is C25H24IN3O5. The van der Waals surface area contributed by atoms with Crippen LogP contribution in [0.5, 0.6) is 0 Å². The first-order valence-electron chi connectivity index (χ1n) is 10.5. The molecule has 9 heteroatoms. The van der Waals surface area contributed by atoms with Crippen molar-refractivity contribution in [2.75, 3.05) is 5.32 Å². The van der Waals surface area contributed by atoms with Crippen LogP contribution in [0.3, 0.4) is 0 Å². The number of amides is 2. The molecule has 2 amide bonds. The van der Waals surface area contributed by atoms with Crippen LogP contribution < -0.4 is 10.6 Å². The zero-order valence-corrected chi connectivity index (χ0v) is 20.9. The number of hydrogen-bond donors (Lipinski definition) is 2. The molecule has 0 fully saturated rings. The van der Waals surface area contributed by atoms with Gasteiger partial charge in [0.05, 0.1) is 4.92 Å². The molecule has 0 aliphatic carbocycles. The minimum absolute atomic E-state index is 0.0508. The van der Waals surface area contributed by atoms with Gasteiger partial charge in [-0.3, -0.25) is 14.9 Å². The molecule has 176 valence electrons. The van der Waals surface area contributed by atoms with Gasteiger partial charge < -0.3 is 15.4 Å². The summed E-state index contributed by atoms with van der Waals surface area (Å²) >= 11 is 2.21. The van der Waals surface area contributed by atoms with Crippen LogP contribution in [0.1, 0.15) is 22.3 Å². The number of alkyl carbamates (subject to hydrolysis) is 1. The molecule has 0 bridgehead atoms. The molecule has 0 saturated heterocycles. The van der Waals surface area contributed by atoms with Gasteiger partial charge in [-0.2, -0.15) is 0 Å². The molecule has 0 aromatic heterocycles. The van der Waals surface area contributed by atoms with Crippen molar-refractivity contribution in [1.82, 2.24) is 5.32 Å². The number of halogens is 1. The van der Waals surface area contributed by atoms with E-state index >= 15 is 0 Å². The van der Waals surface area contributed by atoms with Crippen molar-refractivity contribution in [3.8, 4) is 0 Å². The summed E-state index contributed by atoms with van der Waals surface area (Å²) in [5.74, 6) is -0.414. The highest BCUT2D eigenvalue weighted by molar-refractivity contribution is 14.1. The van der Waals surface area contributed by atoms with Crippen molar-refractivity contribution >= 4 is 46.0 Å². The molecule has 0 aliphatic rings. The van der Waals surface area contributed by atoms with Gasteiger partial charge >= 0.3 is 6.09 Å². The van der Waals surface area contributed by atoms with Crippen molar-refractivity contribution in [3.05, 3.63) is 103 Å². The zero-order chi connectivity index (χ0) is 24.7. The summed E-state index contributed by atoms with van der Waals surface area (Å²) in [6.45, 7) is 3.86. The van der Waals surface area contributed by atoms with E-state index < -0.39 is 23.0 Å². The number of carbonyl (C=O) groups is 2. The Morgan fingerprint density at radius 1 is 1.00 bits per heavy atom. The summed E-state index contributed by atoms with van der Waals surface area (Å²) in [5, 5.41) is 16.5. The second kappa shape index (κ2) is 11.6. The number of carbonyl (C=O) groups excluding carboxylic acids is 2. The van der Waals surface area contributed by atoms with E-state index in [4.69, 9.17) is 4.74 Å². The quantitative estimate of drug-likeness (QED) is 0.216. The van der Waals surface area contributed by atoms with Crippen LogP contribution >= 0.6 is 22.6 Å². The van der Waals surface area contributed by atoms with E-state index in [1.54, 1.807) is 12.1 Å². The number of hydrogen-bond acceptors (Lipinski definition) is 5. The number of benzene rings is 3. The fourth-order valence-electron chi connectivity index (χ4n) is 3.42. The summed E-state index contributed by atoms with van der Waals surface area (Å²) < 4.78 is 6.34. The third kappa shape index (κ3) is 7.01. The molecule has 3 aromatic carbocycles. The number of ether oxygens (including phenoxy) is 1. The molecule has 0 unspecified atom stereocenters. The van der Waals surface area contributed by atoms with Crippen LogP contribution in [0.4, 0.5) is 16.2 Å². The fourth-order valence-corrected chi connectivity index (χ4v) is 4.36. The molecule has 3 rings (SSSR count). The summed E-state index contributed by atoms with van der Waals surface area (Å²) in [5.41, 5.74) is 3.91. The van der Waals surface area contributed by atoms with Crippen molar-refractivity contribution in [3.63, 3.8) is 0 Å². The Balaban J connectivity index is 1.76. The van der Waals surface area contributed by atoms with Crippen LogP contribution in [-0.4, -0.2) is 23.0 Å². The Labute approximate surface area is 211 Å². The second-order valence-electron chi connectivity index (χ2n) is 7.79. The lowest BCUT2D eigenvalue weighted by atomic mass is 10.0. The summed E-state index contributed by atoms with van der Waals surface area (Å²) in [4.78, 5) is 36.1. The van der Waals surface area contributed by atoms with E-state index in [1.807, 2.05) is 56.3 Å². The number of aryl methyl sites for hydroxylation is 2. The highest BCUT2D eigenvalue weighted by Gasteiger charge is 2.24. The van der Waals surface area contributed by atoms with E-state index in [2.05, 4.69) is 33.2 Å². The molecule has 0 saturated carbocycles. The first-order valence-corrected chi connectivity index (χ1v) is 11.6. The van der Waals surface area contributed by atoms with Crippen molar-refractivity contribution in [2.24, 2.45) is 0 Å². The largest absolute Gasteiger partial charge is 0.445 e. The van der Waals surface area contributed by atoms with Crippen LogP contribution in [0.2, 0.25) is 0 Å². The number of rotatable bonds is 8. The lowest BCUT2D eigenvalue weighted by molar-refractivity contribution is -0.384. The van der Waals surface area contributed by atoms with E-state index in [0.717, 1.165) is 20.3 Å². The summed E-state index contributed by atoms with van der Waals surface area (Å²) in [7, 11) is 0. The maximum atomic E-state index is 13.2. The third-order valence-electron chi connectivity index (χ3n) is 5.15. The normalized spacial score (nSPS) is 11.4. The predicted octanol–water partition coefficient (Wildman–Crippen LogP) is 5.29. The lowest BCUT2D eigenvalue weighted by Crippen LogP contribution is -2.45. The number of nitro groups is 1. The lowest BCUT2D eigenvalue weighted by Gasteiger charge is -2.20. The van der Waals surface area contributed by atoms with Gasteiger partial charge in [0, 0.05) is 27.8 Å². The number of nitrogens with one attached hydrogen (secondary N) is 2. The van der Waals surface area contributed by atoms with Crippen LogP contribution in [0.25, 0.3) is 0 Å². The van der Waals surface area contributed by atoms with E-state index in [0.29, 0.717) is 11.3 Å². The molecule has 0 radical (unpaired) electrons. The van der Waals surface area contributed by atoms with Crippen molar-refractivity contribution in [1.29, 1.82) is 0 Å². The minimum Gasteiger partial charge on any atom is -0.445 e. The van der Waals surface area contributed by atoms with Crippen molar-refractivity contribution in [2.45, 2.75) is 32.9 Å². The smallest absolute Gasteiger partial charge is 0.408 e. The molecule has 8 nitrogen and oxygen atoms in total. The van der Waals surface area contributed by atoms with Crippen LogP contribution in [0, 0.1) is 27.5 Å². The molecule has 0 heterocycles. The monoisotopic (exact) mass is 573 g/mol. The Hall–Kier alpha value is -3.47. The zero-order valence-electron chi connectivity index (χ0n) is 18.7. The Morgan fingerprint density at radius 3 is 2.21 bits per heavy atom. The second-order valence-corrected chi connectivity index (χ2v) is 9.04. The molecule has 2 N–H and O–H groups in total. The average molecular weight is 573 g/mol. The van der Waals surface area contributed by atoms with Gasteiger partial charge in [-0.1, -0.05) is 42.5 Å². The summed E-state index contributed by atoms with van der Waals surface area (Å²) in [6, 6.07) is 18.0. The van der Waals surface area contributed by atoms with Gasteiger partial charge in [-0.25, -0.2) is 4.79 Å². The van der Waals surface area contributed by atoms with E-state index in [-0.39, 0.29) is 18.7 Å². The first kappa shape index (κ1) is 25.2. The van der Waals surface area contributed by atoms with Gasteiger partial charge in [0.15, 0.2) is 0 Å². The van der Waals surface area contributed by atoms with Crippen LogP contribution in [0.15, 0.2) is 66.7 Å². The summed E-state index contributed by atoms with van der Waals surface area (Å²) in [6.07, 6.45) is -0.603. The highest BCUT2D eigenvalue weighted by atomic mass is 127. The molecular weight excluding hydrogens is 549 g/mol. The fraction of sp³-hybridized carbons (Fsp3) is 0.200. The number of anilines is 1. The van der Waals surface area contributed by atoms with E-state index in [1.165, 1.54) is 12.1 Å². The number of nitrogens with zero attached hydrogens (tertiary/aromatic N) is 1. The topological polar surface area (TPSA) is 111 Å². The molecule has 0 aliphatic heterocycles. The Kier molecular flexibility index (Phi) is 8.58. The number of non-ortho nitro benzene ring substituents is 1. The standard InChI is InChI=1S/C25H24IN3O5/c1-16-12-20(26)13-17(2)23(16)28-24(30)22(14-18-8-10-21(11-9-18)29(32)33)27-25(31)34-15-19-6-4-3-5-7-19/h3-13,22H,14-15H2,1-2H3,(H,27,31)(H,28,30)/t22-/m1/s1. The van der Waals surface area contributed by atoms with Gasteiger partial charge in [0.25, 0.3) is 5.69 Å². The minimum atomic E-state index is -0.956. The molecule has 0 spiro atoms. The first-order chi connectivity index (χ1) is 16.2. The van der Waals surface area contributed by atoms with Gasteiger partial charge in [0.2, 0.25) is 5.91 Å². The third-order valence-corrected chi connectivity index (χ3v) is 5.78. The van der Waals surface area contributed by atoms with Gasteiger partial charge in [-0.15, -0.1) is 0 Å². The SMILES string of the molecule is Cc1cc(I)cc(C)c1NC(=O)[C@@H](Cc1ccc([N+](=O)[O-])cc1)NC(=O)OCc1ccccc1. The molecule has 1 atom stereocenters. The van der Waals surface area contributed by atoms with E-state index in [9.17, 15) is 19.7 Å².